The number of rotatable bonds is 4. The molecule has 20 heavy (non-hydrogen) atoms. The first-order valence-electron chi connectivity index (χ1n) is 5.54. The molecule has 0 saturated carbocycles. The van der Waals surface area contributed by atoms with E-state index < -0.39 is 18.0 Å². The molecule has 0 radical (unpaired) electrons. The van der Waals surface area contributed by atoms with Crippen molar-refractivity contribution in [2.75, 3.05) is 5.32 Å². The van der Waals surface area contributed by atoms with Crippen LogP contribution in [-0.2, 0) is 4.79 Å². The van der Waals surface area contributed by atoms with Crippen LogP contribution in [0.5, 0.6) is 0 Å². The highest BCUT2D eigenvalue weighted by Gasteiger charge is 2.19. The van der Waals surface area contributed by atoms with Gasteiger partial charge >= 0.3 is 12.0 Å². The molecule has 7 heteroatoms. The molecule has 0 saturated heterocycles. The number of aryl methyl sites for hydroxylation is 1. The monoisotopic (exact) mass is 314 g/mol. The van der Waals surface area contributed by atoms with Crippen LogP contribution in [0, 0.1) is 19.3 Å². The number of amides is 2. The number of carbonyl (C=O) groups is 2. The number of nitrogens with one attached hydrogen (secondary N) is 2. The second-order valence-corrected chi connectivity index (χ2v) is 4.79. The predicted octanol–water partition coefficient (Wildman–Crippen LogP) is 2.90. The Balaban J connectivity index is 2.79. The summed E-state index contributed by atoms with van der Waals surface area (Å²) < 4.78 is 0. The second kappa shape index (κ2) is 7.04. The normalized spacial score (nSPS) is 11.3. The van der Waals surface area contributed by atoms with Gasteiger partial charge in [-0.2, -0.15) is 0 Å². The topological polar surface area (TPSA) is 78.4 Å². The van der Waals surface area contributed by atoms with Crippen LogP contribution in [0.25, 0.3) is 0 Å². The summed E-state index contributed by atoms with van der Waals surface area (Å²) in [6, 6.07) is 1.18. The molecule has 0 fully saturated rings. The molecule has 3 N–H and O–H groups in total. The number of halogens is 2. The van der Waals surface area contributed by atoms with E-state index in [1.54, 1.807) is 13.0 Å². The molecular weight excluding hydrogens is 303 g/mol. The maximum atomic E-state index is 11.7. The Bertz CT molecular complexity index is 582. The van der Waals surface area contributed by atoms with Gasteiger partial charge in [0.2, 0.25) is 0 Å². The maximum Gasteiger partial charge on any atom is 0.327 e. The minimum Gasteiger partial charge on any atom is -0.480 e. The number of benzene rings is 1. The molecule has 0 bridgehead atoms. The predicted molar refractivity (Wildman–Crippen MR) is 78.2 cm³/mol. The number of hydrogen-bond acceptors (Lipinski definition) is 2. The highest BCUT2D eigenvalue weighted by atomic mass is 35.5. The molecular formula is C13H12Cl2N2O3. The summed E-state index contributed by atoms with van der Waals surface area (Å²) in [5, 5.41) is 14.3. The lowest BCUT2D eigenvalue weighted by atomic mass is 10.2. The van der Waals surface area contributed by atoms with E-state index >= 15 is 0 Å². The molecule has 0 aromatic heterocycles. The van der Waals surface area contributed by atoms with Crippen molar-refractivity contribution in [3.05, 3.63) is 27.7 Å². The molecule has 1 aromatic rings. The van der Waals surface area contributed by atoms with E-state index in [2.05, 4.69) is 16.6 Å². The fourth-order valence-corrected chi connectivity index (χ4v) is 1.81. The highest BCUT2D eigenvalue weighted by Crippen LogP contribution is 2.28. The number of urea groups is 1. The molecule has 0 aliphatic carbocycles. The van der Waals surface area contributed by atoms with Crippen LogP contribution in [-0.4, -0.2) is 23.1 Å². The van der Waals surface area contributed by atoms with Crippen molar-refractivity contribution in [3.8, 4) is 12.3 Å². The summed E-state index contributed by atoms with van der Waals surface area (Å²) in [6.07, 6.45) is 4.91. The van der Waals surface area contributed by atoms with E-state index in [4.69, 9.17) is 34.7 Å². The Labute approximate surface area is 126 Å². The molecule has 5 nitrogen and oxygen atoms in total. The Morgan fingerprint density at radius 3 is 2.60 bits per heavy atom. The first kappa shape index (κ1) is 16.2. The number of carbonyl (C=O) groups excluding carboxylic acids is 1. The second-order valence-electron chi connectivity index (χ2n) is 3.98. The van der Waals surface area contributed by atoms with Crippen LogP contribution in [0.1, 0.15) is 12.0 Å². The van der Waals surface area contributed by atoms with Crippen LogP contribution in [0.4, 0.5) is 10.5 Å². The highest BCUT2D eigenvalue weighted by molar-refractivity contribution is 6.36. The van der Waals surface area contributed by atoms with Crippen molar-refractivity contribution in [1.82, 2.24) is 5.32 Å². The third kappa shape index (κ3) is 4.34. The van der Waals surface area contributed by atoms with Gasteiger partial charge in [-0.3, -0.25) is 0 Å². The minimum atomic E-state index is -1.22. The van der Waals surface area contributed by atoms with Gasteiger partial charge in [0.15, 0.2) is 0 Å². The van der Waals surface area contributed by atoms with Crippen molar-refractivity contribution in [2.24, 2.45) is 0 Å². The zero-order valence-corrected chi connectivity index (χ0v) is 12.0. The van der Waals surface area contributed by atoms with E-state index in [1.165, 1.54) is 6.07 Å². The SMILES string of the molecule is C#CCC(NC(=O)Nc1cc(Cl)c(C)cc1Cl)C(=O)O. The Morgan fingerprint density at radius 1 is 1.40 bits per heavy atom. The van der Waals surface area contributed by atoms with Gasteiger partial charge in [-0.1, -0.05) is 23.2 Å². The summed E-state index contributed by atoms with van der Waals surface area (Å²) in [5.74, 6) is 0.959. The molecule has 2 amide bonds. The summed E-state index contributed by atoms with van der Waals surface area (Å²) >= 11 is 11.9. The van der Waals surface area contributed by atoms with Gasteiger partial charge in [0, 0.05) is 11.4 Å². The van der Waals surface area contributed by atoms with E-state index in [0.717, 1.165) is 5.56 Å². The fraction of sp³-hybridized carbons (Fsp3) is 0.231. The first-order chi connectivity index (χ1) is 9.35. The minimum absolute atomic E-state index is 0.120. The molecule has 1 aromatic carbocycles. The quantitative estimate of drug-likeness (QED) is 0.748. The number of terminal acetylenes is 1. The summed E-state index contributed by atoms with van der Waals surface area (Å²) in [4.78, 5) is 22.6. The molecule has 0 spiro atoms. The zero-order chi connectivity index (χ0) is 15.3. The molecule has 0 heterocycles. The van der Waals surface area contributed by atoms with Gasteiger partial charge in [0.05, 0.1) is 10.7 Å². The maximum absolute atomic E-state index is 11.7. The largest absolute Gasteiger partial charge is 0.480 e. The Hall–Kier alpha value is -1.90. The van der Waals surface area contributed by atoms with E-state index in [-0.39, 0.29) is 12.1 Å². The average molecular weight is 315 g/mol. The standard InChI is InChI=1S/C13H12Cl2N2O3/c1-3-4-10(12(18)19)16-13(20)17-11-6-8(14)7(2)5-9(11)15/h1,5-6,10H,4H2,2H3,(H,18,19)(H2,16,17,20). The van der Waals surface area contributed by atoms with Crippen molar-refractivity contribution in [3.63, 3.8) is 0 Å². The molecule has 0 aliphatic heterocycles. The Morgan fingerprint density at radius 2 is 2.05 bits per heavy atom. The van der Waals surface area contributed by atoms with Crippen molar-refractivity contribution in [1.29, 1.82) is 0 Å². The van der Waals surface area contributed by atoms with E-state index in [0.29, 0.717) is 10.0 Å². The van der Waals surface area contributed by atoms with Gasteiger partial charge in [0.25, 0.3) is 0 Å². The van der Waals surface area contributed by atoms with Crippen LogP contribution in [0.3, 0.4) is 0 Å². The summed E-state index contributed by atoms with van der Waals surface area (Å²) in [5.41, 5.74) is 1.04. The van der Waals surface area contributed by atoms with Crippen molar-refractivity contribution in [2.45, 2.75) is 19.4 Å². The molecule has 106 valence electrons. The van der Waals surface area contributed by atoms with Crippen LogP contribution < -0.4 is 10.6 Å². The smallest absolute Gasteiger partial charge is 0.327 e. The van der Waals surface area contributed by atoms with Crippen LogP contribution in [0.2, 0.25) is 10.0 Å². The number of hydrogen-bond donors (Lipinski definition) is 3. The van der Waals surface area contributed by atoms with Crippen molar-refractivity contribution < 1.29 is 14.7 Å². The van der Waals surface area contributed by atoms with Crippen LogP contribution >= 0.6 is 23.2 Å². The van der Waals surface area contributed by atoms with Gasteiger partial charge in [-0.25, -0.2) is 9.59 Å². The number of carboxylic acid groups (broad SMARTS) is 1. The van der Waals surface area contributed by atoms with Gasteiger partial charge < -0.3 is 15.7 Å². The van der Waals surface area contributed by atoms with Gasteiger partial charge in [-0.05, 0) is 24.6 Å². The number of anilines is 1. The fourth-order valence-electron chi connectivity index (χ4n) is 1.38. The number of carboxylic acids is 1. The molecule has 1 rings (SSSR count). The van der Waals surface area contributed by atoms with Crippen LogP contribution in [0.15, 0.2) is 12.1 Å². The lowest BCUT2D eigenvalue weighted by Crippen LogP contribution is -2.42. The molecule has 1 atom stereocenters. The molecule has 0 aliphatic rings. The lowest BCUT2D eigenvalue weighted by molar-refractivity contribution is -0.139. The lowest BCUT2D eigenvalue weighted by Gasteiger charge is -2.14. The Kier molecular flexibility index (Phi) is 5.68. The van der Waals surface area contributed by atoms with E-state index in [1.807, 2.05) is 0 Å². The van der Waals surface area contributed by atoms with Gasteiger partial charge in [0.1, 0.15) is 6.04 Å². The number of aliphatic carboxylic acids is 1. The molecule has 1 unspecified atom stereocenters. The third-order valence-corrected chi connectivity index (χ3v) is 3.14. The average Bonchev–Trinajstić information content (AvgIpc) is 2.35. The summed E-state index contributed by atoms with van der Waals surface area (Å²) in [6.45, 7) is 1.77. The first-order valence-corrected chi connectivity index (χ1v) is 6.30. The van der Waals surface area contributed by atoms with E-state index in [9.17, 15) is 9.59 Å². The van der Waals surface area contributed by atoms with Gasteiger partial charge in [-0.15, -0.1) is 12.3 Å². The zero-order valence-electron chi connectivity index (χ0n) is 10.5. The summed E-state index contributed by atoms with van der Waals surface area (Å²) in [7, 11) is 0. The van der Waals surface area contributed by atoms with Crippen molar-refractivity contribution >= 4 is 40.9 Å². The third-order valence-electron chi connectivity index (χ3n) is 2.42.